The monoisotopic (exact) mass is 280 g/mol. The molecule has 1 saturated carbocycles. The Morgan fingerprint density at radius 1 is 1.32 bits per heavy atom. The minimum absolute atomic E-state index is 0.0401. The van der Waals surface area contributed by atoms with Gasteiger partial charge in [0.1, 0.15) is 0 Å². The molecule has 1 fully saturated rings. The molecule has 0 radical (unpaired) electrons. The van der Waals surface area contributed by atoms with Gasteiger partial charge >= 0.3 is 6.18 Å². The molecule has 2 N–H and O–H groups in total. The third kappa shape index (κ3) is 5.38. The van der Waals surface area contributed by atoms with Gasteiger partial charge in [0.05, 0.1) is 12.5 Å². The molecule has 1 aliphatic rings. The Balaban J connectivity index is 2.43. The number of carbonyl (C=O) groups excluding carboxylic acids is 1. The van der Waals surface area contributed by atoms with Crippen LogP contribution in [0.1, 0.15) is 46.0 Å². The number of rotatable bonds is 5. The first-order valence-electron chi connectivity index (χ1n) is 6.94. The fraction of sp³-hybridized carbons (Fsp3) is 0.923. The van der Waals surface area contributed by atoms with E-state index in [-0.39, 0.29) is 24.9 Å². The largest absolute Gasteiger partial charge is 0.393 e. The number of halogens is 3. The van der Waals surface area contributed by atoms with Crippen LogP contribution in [0.25, 0.3) is 0 Å². The van der Waals surface area contributed by atoms with Crippen molar-refractivity contribution in [1.29, 1.82) is 0 Å². The average Bonchev–Trinajstić information content (AvgIpc) is 2.35. The van der Waals surface area contributed by atoms with Crippen molar-refractivity contribution < 1.29 is 18.0 Å². The summed E-state index contributed by atoms with van der Waals surface area (Å²) in [6, 6.07) is -0.574. The zero-order valence-corrected chi connectivity index (χ0v) is 11.5. The van der Waals surface area contributed by atoms with Crippen LogP contribution in [-0.2, 0) is 4.79 Å². The van der Waals surface area contributed by atoms with Crippen molar-refractivity contribution in [3.05, 3.63) is 0 Å². The van der Waals surface area contributed by atoms with E-state index in [9.17, 15) is 18.0 Å². The molecular weight excluding hydrogens is 257 g/mol. The summed E-state index contributed by atoms with van der Waals surface area (Å²) in [5, 5.41) is 5.52. The van der Waals surface area contributed by atoms with Crippen LogP contribution in [0.5, 0.6) is 0 Å². The second kappa shape index (κ2) is 7.12. The van der Waals surface area contributed by atoms with E-state index in [0.717, 1.165) is 12.8 Å². The van der Waals surface area contributed by atoms with Crippen LogP contribution < -0.4 is 10.6 Å². The SMILES string of the molecule is CC[C@H](C)NC(=O)CN[C@@H]1CCCC[C@@H]1C(F)(F)F. The van der Waals surface area contributed by atoms with Crippen molar-refractivity contribution in [2.45, 2.75) is 64.2 Å². The van der Waals surface area contributed by atoms with Gasteiger partial charge < -0.3 is 10.6 Å². The fourth-order valence-corrected chi connectivity index (χ4v) is 2.42. The second-order valence-corrected chi connectivity index (χ2v) is 5.30. The molecule has 0 spiro atoms. The predicted octanol–water partition coefficient (Wildman–Crippen LogP) is 2.61. The number of hydrogen-bond acceptors (Lipinski definition) is 2. The third-order valence-electron chi connectivity index (χ3n) is 3.73. The Morgan fingerprint density at radius 3 is 2.53 bits per heavy atom. The molecule has 0 aliphatic heterocycles. The standard InChI is InChI=1S/C13H23F3N2O/c1-3-9(2)18-12(19)8-17-11-7-5-4-6-10(11)13(14,15)16/h9-11,17H,3-8H2,1-2H3,(H,18,19)/t9-,10-,11+/m0/s1. The van der Waals surface area contributed by atoms with Gasteiger partial charge in [0.2, 0.25) is 5.91 Å². The molecule has 0 saturated heterocycles. The highest BCUT2D eigenvalue weighted by atomic mass is 19.4. The van der Waals surface area contributed by atoms with Crippen molar-refractivity contribution >= 4 is 5.91 Å². The summed E-state index contributed by atoms with van der Waals surface area (Å²) in [6.07, 6.45) is -1.32. The number of carbonyl (C=O) groups is 1. The van der Waals surface area contributed by atoms with Crippen LogP contribution in [0.4, 0.5) is 13.2 Å². The van der Waals surface area contributed by atoms with Gasteiger partial charge in [-0.2, -0.15) is 13.2 Å². The van der Waals surface area contributed by atoms with E-state index in [4.69, 9.17) is 0 Å². The summed E-state index contributed by atoms with van der Waals surface area (Å²) in [6.45, 7) is 3.78. The van der Waals surface area contributed by atoms with Gasteiger partial charge in [-0.25, -0.2) is 0 Å². The normalized spacial score (nSPS) is 25.9. The van der Waals surface area contributed by atoms with Crippen LogP contribution in [0, 0.1) is 5.92 Å². The highest BCUT2D eigenvalue weighted by Crippen LogP contribution is 2.37. The van der Waals surface area contributed by atoms with Crippen molar-refractivity contribution in [1.82, 2.24) is 10.6 Å². The van der Waals surface area contributed by atoms with E-state index in [1.807, 2.05) is 13.8 Å². The second-order valence-electron chi connectivity index (χ2n) is 5.30. The van der Waals surface area contributed by atoms with Crippen molar-refractivity contribution in [3.63, 3.8) is 0 Å². The molecule has 6 heteroatoms. The van der Waals surface area contributed by atoms with E-state index < -0.39 is 18.1 Å². The molecule has 0 heterocycles. The van der Waals surface area contributed by atoms with E-state index in [1.165, 1.54) is 0 Å². The average molecular weight is 280 g/mol. The lowest BCUT2D eigenvalue weighted by molar-refractivity contribution is -0.189. The Kier molecular flexibility index (Phi) is 6.10. The van der Waals surface area contributed by atoms with Crippen molar-refractivity contribution in [2.75, 3.05) is 6.54 Å². The van der Waals surface area contributed by atoms with Gasteiger partial charge in [-0.3, -0.25) is 4.79 Å². The van der Waals surface area contributed by atoms with Gasteiger partial charge in [0.15, 0.2) is 0 Å². The Hall–Kier alpha value is -0.780. The van der Waals surface area contributed by atoms with E-state index >= 15 is 0 Å². The first-order valence-corrected chi connectivity index (χ1v) is 6.94. The molecule has 112 valence electrons. The van der Waals surface area contributed by atoms with Crippen LogP contribution in [0.3, 0.4) is 0 Å². The van der Waals surface area contributed by atoms with E-state index in [0.29, 0.717) is 12.8 Å². The highest BCUT2D eigenvalue weighted by molar-refractivity contribution is 5.78. The quantitative estimate of drug-likeness (QED) is 0.813. The molecule has 0 aromatic heterocycles. The third-order valence-corrected chi connectivity index (χ3v) is 3.73. The van der Waals surface area contributed by atoms with Crippen molar-refractivity contribution in [3.8, 4) is 0 Å². The lowest BCUT2D eigenvalue weighted by atomic mass is 9.84. The molecule has 3 atom stereocenters. The molecule has 1 amide bonds. The highest BCUT2D eigenvalue weighted by Gasteiger charge is 2.45. The van der Waals surface area contributed by atoms with Crippen LogP contribution in [0.2, 0.25) is 0 Å². The predicted molar refractivity (Wildman–Crippen MR) is 67.7 cm³/mol. The topological polar surface area (TPSA) is 41.1 Å². The number of alkyl halides is 3. The lowest BCUT2D eigenvalue weighted by Crippen LogP contribution is -2.49. The summed E-state index contributed by atoms with van der Waals surface area (Å²) >= 11 is 0. The summed E-state index contributed by atoms with van der Waals surface area (Å²) in [5.41, 5.74) is 0. The first kappa shape index (κ1) is 16.3. The number of nitrogens with one attached hydrogen (secondary N) is 2. The summed E-state index contributed by atoms with van der Waals surface area (Å²) in [7, 11) is 0. The fourth-order valence-electron chi connectivity index (χ4n) is 2.42. The smallest absolute Gasteiger partial charge is 0.353 e. The maximum absolute atomic E-state index is 12.8. The van der Waals surface area contributed by atoms with Gasteiger partial charge in [0, 0.05) is 12.1 Å². The molecule has 1 aliphatic carbocycles. The number of hydrogen-bond donors (Lipinski definition) is 2. The summed E-state index contributed by atoms with van der Waals surface area (Å²) in [4.78, 5) is 11.6. The summed E-state index contributed by atoms with van der Waals surface area (Å²) in [5.74, 6) is -1.56. The number of amides is 1. The molecular formula is C13H23F3N2O. The van der Waals surface area contributed by atoms with Gasteiger partial charge in [-0.15, -0.1) is 0 Å². The summed E-state index contributed by atoms with van der Waals surface area (Å²) < 4.78 is 38.5. The molecule has 0 aromatic carbocycles. The minimum atomic E-state index is -4.18. The molecule has 0 aromatic rings. The Bertz CT molecular complexity index is 294. The molecule has 0 unspecified atom stereocenters. The maximum atomic E-state index is 12.8. The minimum Gasteiger partial charge on any atom is -0.353 e. The van der Waals surface area contributed by atoms with E-state index in [2.05, 4.69) is 10.6 Å². The van der Waals surface area contributed by atoms with Crippen molar-refractivity contribution in [2.24, 2.45) is 5.92 Å². The van der Waals surface area contributed by atoms with Crippen LogP contribution in [0.15, 0.2) is 0 Å². The van der Waals surface area contributed by atoms with E-state index in [1.54, 1.807) is 0 Å². The Morgan fingerprint density at radius 2 is 1.95 bits per heavy atom. The Labute approximate surface area is 112 Å². The molecule has 0 bridgehead atoms. The van der Waals surface area contributed by atoms with Crippen LogP contribution >= 0.6 is 0 Å². The molecule has 3 nitrogen and oxygen atoms in total. The van der Waals surface area contributed by atoms with Gasteiger partial charge in [-0.1, -0.05) is 19.8 Å². The zero-order chi connectivity index (χ0) is 14.5. The molecule has 19 heavy (non-hydrogen) atoms. The van der Waals surface area contributed by atoms with Crippen LogP contribution in [-0.4, -0.2) is 30.7 Å². The van der Waals surface area contributed by atoms with Gasteiger partial charge in [0.25, 0.3) is 0 Å². The molecule has 1 rings (SSSR count). The first-order chi connectivity index (χ1) is 8.84. The lowest BCUT2D eigenvalue weighted by Gasteiger charge is -2.33. The maximum Gasteiger partial charge on any atom is 0.393 e. The van der Waals surface area contributed by atoms with Gasteiger partial charge in [-0.05, 0) is 26.2 Å². The zero-order valence-electron chi connectivity index (χ0n) is 11.5.